The number of halogens is 4. The van der Waals surface area contributed by atoms with E-state index in [4.69, 9.17) is 16.3 Å². The Hall–Kier alpha value is -1.84. The van der Waals surface area contributed by atoms with Crippen molar-refractivity contribution in [2.24, 2.45) is 11.3 Å². The standard InChI is InChI=1S/C26H32ClF3N2O4/c27-15-4-5-16(28)20(21(15)29)22(25-6-8-26(30,13-25)9-7-25)32-23(34)14-11-17(18(33)12-14)31-24(35)19-3-1-2-10-36-19/h4-5,14,17-19,22,33H,1-3,6-13H2,(H,31,35)(H,32,34)/t14-,17-,18+,19-,22+,25?,26?/m0/s1. The molecule has 0 aromatic heterocycles. The van der Waals surface area contributed by atoms with Crippen LogP contribution in [0.25, 0.3) is 0 Å². The predicted molar refractivity (Wildman–Crippen MR) is 126 cm³/mol. The fourth-order valence-electron chi connectivity index (χ4n) is 6.78. The molecule has 6 nitrogen and oxygen atoms in total. The van der Waals surface area contributed by atoms with Gasteiger partial charge in [-0.3, -0.25) is 9.59 Å². The number of aliphatic hydroxyl groups excluding tert-OH is 1. The Morgan fingerprint density at radius 2 is 1.86 bits per heavy atom. The third-order valence-corrected chi connectivity index (χ3v) is 9.07. The maximum absolute atomic E-state index is 15.1. The van der Waals surface area contributed by atoms with E-state index in [1.165, 1.54) is 0 Å². The molecule has 1 saturated heterocycles. The number of carbonyl (C=O) groups excluding carboxylic acids is 2. The molecule has 3 saturated carbocycles. The van der Waals surface area contributed by atoms with E-state index in [9.17, 15) is 19.1 Å². The topological polar surface area (TPSA) is 87.7 Å². The molecule has 3 N–H and O–H groups in total. The number of alkyl halides is 1. The van der Waals surface area contributed by atoms with Crippen molar-refractivity contribution in [3.05, 3.63) is 34.4 Å². The number of rotatable bonds is 6. The maximum Gasteiger partial charge on any atom is 0.249 e. The van der Waals surface area contributed by atoms with Crippen molar-refractivity contribution in [3.8, 4) is 0 Å². The quantitative estimate of drug-likeness (QED) is 0.481. The van der Waals surface area contributed by atoms with Gasteiger partial charge >= 0.3 is 0 Å². The molecule has 198 valence electrons. The smallest absolute Gasteiger partial charge is 0.249 e. The number of carbonyl (C=O) groups is 2. The zero-order valence-corrected chi connectivity index (χ0v) is 20.8. The van der Waals surface area contributed by atoms with Gasteiger partial charge in [0, 0.05) is 18.1 Å². The average molecular weight is 529 g/mol. The molecule has 4 fully saturated rings. The van der Waals surface area contributed by atoms with Gasteiger partial charge in [-0.1, -0.05) is 11.6 Å². The fourth-order valence-corrected chi connectivity index (χ4v) is 6.94. The third kappa shape index (κ3) is 4.74. The first-order chi connectivity index (χ1) is 17.1. The highest BCUT2D eigenvalue weighted by Crippen LogP contribution is 2.63. The number of hydrogen-bond donors (Lipinski definition) is 3. The number of aliphatic hydroxyl groups is 1. The Morgan fingerprint density at radius 3 is 2.50 bits per heavy atom. The van der Waals surface area contributed by atoms with Crippen molar-refractivity contribution in [2.75, 3.05) is 6.61 Å². The van der Waals surface area contributed by atoms with Crippen LogP contribution < -0.4 is 10.6 Å². The van der Waals surface area contributed by atoms with Crippen LogP contribution in [0.1, 0.15) is 75.8 Å². The van der Waals surface area contributed by atoms with E-state index in [0.29, 0.717) is 25.9 Å². The molecule has 2 amide bonds. The third-order valence-electron chi connectivity index (χ3n) is 8.78. The summed E-state index contributed by atoms with van der Waals surface area (Å²) in [5, 5.41) is 15.9. The predicted octanol–water partition coefficient (Wildman–Crippen LogP) is 4.27. The molecule has 0 unspecified atom stereocenters. The van der Waals surface area contributed by atoms with Crippen LogP contribution in [0.15, 0.2) is 12.1 Å². The molecular formula is C26H32ClF3N2O4. The number of benzene rings is 1. The Labute approximate surface area is 213 Å². The van der Waals surface area contributed by atoms with Crippen LogP contribution in [0, 0.1) is 23.0 Å². The van der Waals surface area contributed by atoms with Crippen molar-refractivity contribution in [2.45, 2.75) is 94.2 Å². The Bertz CT molecular complexity index is 1030. The second-order valence-corrected chi connectivity index (χ2v) is 11.5. The molecule has 4 aliphatic rings. The molecule has 1 aliphatic heterocycles. The van der Waals surface area contributed by atoms with Gasteiger partial charge in [0.25, 0.3) is 0 Å². The number of amides is 2. The molecule has 1 aromatic carbocycles. The summed E-state index contributed by atoms with van der Waals surface area (Å²) in [5.74, 6) is -3.27. The van der Waals surface area contributed by atoms with Crippen LogP contribution in [0.3, 0.4) is 0 Å². The molecule has 1 heterocycles. The lowest BCUT2D eigenvalue weighted by atomic mass is 9.74. The van der Waals surface area contributed by atoms with E-state index in [0.717, 1.165) is 25.0 Å². The molecule has 5 rings (SSSR count). The molecule has 0 spiro atoms. The zero-order chi connectivity index (χ0) is 25.7. The van der Waals surface area contributed by atoms with Crippen molar-refractivity contribution in [1.82, 2.24) is 10.6 Å². The van der Waals surface area contributed by atoms with Gasteiger partial charge in [0.1, 0.15) is 23.4 Å². The molecule has 1 aromatic rings. The second kappa shape index (κ2) is 9.80. The van der Waals surface area contributed by atoms with Gasteiger partial charge < -0.3 is 20.5 Å². The monoisotopic (exact) mass is 528 g/mol. The van der Waals surface area contributed by atoms with E-state index in [1.807, 2.05) is 0 Å². The van der Waals surface area contributed by atoms with Crippen molar-refractivity contribution in [1.29, 1.82) is 0 Å². The zero-order valence-electron chi connectivity index (χ0n) is 20.0. The number of ether oxygens (including phenoxy) is 1. The van der Waals surface area contributed by atoms with E-state index in [-0.39, 0.29) is 48.6 Å². The maximum atomic E-state index is 15.1. The number of fused-ring (bicyclic) bond motifs is 2. The first kappa shape index (κ1) is 25.8. The van der Waals surface area contributed by atoms with Gasteiger partial charge in [0.15, 0.2) is 0 Å². The lowest BCUT2D eigenvalue weighted by molar-refractivity contribution is -0.137. The lowest BCUT2D eigenvalue weighted by Gasteiger charge is -2.37. The SMILES string of the molecule is O=C(N[C@H](c1c(F)ccc(Cl)c1F)C12CCC(F)(CC1)C2)[C@@H]1C[C@@H](O)[C@@H](NC(=O)[C@@H]2CCCCO2)C1. The van der Waals surface area contributed by atoms with Crippen LogP contribution in [0.4, 0.5) is 13.2 Å². The van der Waals surface area contributed by atoms with E-state index in [1.54, 1.807) is 0 Å². The summed E-state index contributed by atoms with van der Waals surface area (Å²) in [7, 11) is 0. The van der Waals surface area contributed by atoms with Gasteiger partial charge in [-0.2, -0.15) is 0 Å². The number of nitrogens with one attached hydrogen (secondary N) is 2. The first-order valence-corrected chi connectivity index (χ1v) is 13.2. The van der Waals surface area contributed by atoms with Gasteiger partial charge in [0.05, 0.1) is 23.2 Å². The summed E-state index contributed by atoms with van der Waals surface area (Å²) in [4.78, 5) is 25.9. The Kier molecular flexibility index (Phi) is 7.02. The number of hydrogen-bond acceptors (Lipinski definition) is 4. The van der Waals surface area contributed by atoms with Crippen LogP contribution in [0.2, 0.25) is 5.02 Å². The summed E-state index contributed by atoms with van der Waals surface area (Å²) in [6.45, 7) is 0.510. The molecule has 2 bridgehead atoms. The first-order valence-electron chi connectivity index (χ1n) is 12.8. The minimum atomic E-state index is -1.39. The molecule has 36 heavy (non-hydrogen) atoms. The van der Waals surface area contributed by atoms with Gasteiger partial charge in [0.2, 0.25) is 11.8 Å². The minimum absolute atomic E-state index is 0.0928. The summed E-state index contributed by atoms with van der Waals surface area (Å²) >= 11 is 5.97. The lowest BCUT2D eigenvalue weighted by Crippen LogP contribution is -2.46. The fraction of sp³-hybridized carbons (Fsp3) is 0.692. The minimum Gasteiger partial charge on any atom is -0.391 e. The van der Waals surface area contributed by atoms with Gasteiger partial charge in [-0.05, 0) is 81.8 Å². The van der Waals surface area contributed by atoms with Crippen LogP contribution in [0.5, 0.6) is 0 Å². The van der Waals surface area contributed by atoms with Crippen LogP contribution in [-0.2, 0) is 14.3 Å². The van der Waals surface area contributed by atoms with Crippen molar-refractivity contribution >= 4 is 23.4 Å². The van der Waals surface area contributed by atoms with E-state index >= 15 is 8.78 Å². The van der Waals surface area contributed by atoms with Gasteiger partial charge in [-0.15, -0.1) is 0 Å². The largest absolute Gasteiger partial charge is 0.391 e. The molecule has 5 atom stereocenters. The van der Waals surface area contributed by atoms with Gasteiger partial charge in [-0.25, -0.2) is 13.2 Å². The average Bonchev–Trinajstić information content (AvgIpc) is 3.52. The second-order valence-electron chi connectivity index (χ2n) is 11.1. The molecule has 10 heteroatoms. The highest BCUT2D eigenvalue weighted by Gasteiger charge is 2.59. The summed E-state index contributed by atoms with van der Waals surface area (Å²) in [5.41, 5.74) is -2.56. The molecule has 3 aliphatic carbocycles. The van der Waals surface area contributed by atoms with E-state index in [2.05, 4.69) is 10.6 Å². The Morgan fingerprint density at radius 1 is 1.11 bits per heavy atom. The Balaban J connectivity index is 1.33. The van der Waals surface area contributed by atoms with E-state index < -0.39 is 58.8 Å². The molecular weight excluding hydrogens is 497 g/mol. The van der Waals surface area contributed by atoms with Crippen molar-refractivity contribution in [3.63, 3.8) is 0 Å². The molecule has 0 radical (unpaired) electrons. The van der Waals surface area contributed by atoms with Crippen LogP contribution >= 0.6 is 11.6 Å². The summed E-state index contributed by atoms with van der Waals surface area (Å²) < 4.78 is 50.7. The highest BCUT2D eigenvalue weighted by molar-refractivity contribution is 6.30. The normalized spacial score (nSPS) is 36.6. The highest BCUT2D eigenvalue weighted by atomic mass is 35.5. The van der Waals surface area contributed by atoms with Crippen molar-refractivity contribution < 1.29 is 32.6 Å². The van der Waals surface area contributed by atoms with Crippen LogP contribution in [-0.4, -0.2) is 47.4 Å². The summed E-state index contributed by atoms with van der Waals surface area (Å²) in [6, 6.07) is 0.448. The summed E-state index contributed by atoms with van der Waals surface area (Å²) in [6.07, 6.45) is 2.62.